The number of hydrogen-bond donors (Lipinski definition) is 1. The summed E-state index contributed by atoms with van der Waals surface area (Å²) >= 11 is 0. The first-order chi connectivity index (χ1) is 14.7. The summed E-state index contributed by atoms with van der Waals surface area (Å²) < 4.78 is 0. The van der Waals surface area contributed by atoms with Crippen LogP contribution in [0.1, 0.15) is 93.5 Å². The second kappa shape index (κ2) is 11.9. The quantitative estimate of drug-likeness (QED) is 0.382. The average molecular weight is 407 g/mol. The molecule has 1 fully saturated rings. The summed E-state index contributed by atoms with van der Waals surface area (Å²) in [5.41, 5.74) is 3.97. The molecule has 0 aliphatic heterocycles. The predicted octanol–water partition coefficient (Wildman–Crippen LogP) is 8.15. The van der Waals surface area contributed by atoms with E-state index in [0.717, 1.165) is 23.0 Å². The molecule has 0 spiro atoms. The minimum atomic E-state index is -0.877. The van der Waals surface area contributed by atoms with Crippen LogP contribution in [0.2, 0.25) is 0 Å². The molecule has 2 heteroatoms. The van der Waals surface area contributed by atoms with Crippen molar-refractivity contribution in [1.82, 2.24) is 0 Å². The van der Waals surface area contributed by atoms with E-state index in [1.54, 1.807) is 12.1 Å². The predicted molar refractivity (Wildman–Crippen MR) is 126 cm³/mol. The molecule has 0 saturated heterocycles. The van der Waals surface area contributed by atoms with Crippen LogP contribution in [-0.4, -0.2) is 11.1 Å². The second-order valence-electron chi connectivity index (χ2n) is 9.21. The van der Waals surface area contributed by atoms with Gasteiger partial charge in [-0.1, -0.05) is 108 Å². The van der Waals surface area contributed by atoms with E-state index in [2.05, 4.69) is 31.2 Å². The van der Waals surface area contributed by atoms with Crippen LogP contribution in [0.4, 0.5) is 0 Å². The van der Waals surface area contributed by atoms with E-state index in [0.29, 0.717) is 5.56 Å². The Labute approximate surface area is 182 Å². The molecule has 2 nitrogen and oxygen atoms in total. The molecule has 0 unspecified atom stereocenters. The number of carboxylic acids is 1. The Hall–Kier alpha value is -2.09. The summed E-state index contributed by atoms with van der Waals surface area (Å²) in [4.78, 5) is 11.0. The highest BCUT2D eigenvalue weighted by Crippen LogP contribution is 2.34. The molecule has 3 rings (SSSR count). The smallest absolute Gasteiger partial charge is 0.335 e. The Balaban J connectivity index is 1.38. The third kappa shape index (κ3) is 7.00. The van der Waals surface area contributed by atoms with Gasteiger partial charge in [-0.25, -0.2) is 4.79 Å². The third-order valence-corrected chi connectivity index (χ3v) is 6.94. The number of aromatic carboxylic acids is 1. The number of hydrogen-bond acceptors (Lipinski definition) is 1. The van der Waals surface area contributed by atoms with Gasteiger partial charge in [0.25, 0.3) is 0 Å². The van der Waals surface area contributed by atoms with E-state index in [9.17, 15) is 4.79 Å². The molecule has 0 bridgehead atoms. The molecular weight excluding hydrogens is 368 g/mol. The summed E-state index contributed by atoms with van der Waals surface area (Å²) in [7, 11) is 0. The van der Waals surface area contributed by atoms with Gasteiger partial charge in [0.2, 0.25) is 0 Å². The lowest BCUT2D eigenvalue weighted by molar-refractivity contribution is 0.0697. The van der Waals surface area contributed by atoms with E-state index < -0.39 is 5.97 Å². The monoisotopic (exact) mass is 406 g/mol. The van der Waals surface area contributed by atoms with Crippen LogP contribution < -0.4 is 0 Å². The van der Waals surface area contributed by atoms with E-state index in [4.69, 9.17) is 5.11 Å². The molecule has 162 valence electrons. The van der Waals surface area contributed by atoms with Gasteiger partial charge >= 0.3 is 5.97 Å². The molecule has 1 saturated carbocycles. The molecule has 0 atom stereocenters. The zero-order valence-corrected chi connectivity index (χ0v) is 18.6. The van der Waals surface area contributed by atoms with Crippen LogP contribution >= 0.6 is 0 Å². The molecule has 0 aromatic heterocycles. The van der Waals surface area contributed by atoms with Crippen molar-refractivity contribution in [3.05, 3.63) is 59.7 Å². The van der Waals surface area contributed by atoms with Crippen molar-refractivity contribution in [2.24, 2.45) is 11.8 Å². The van der Waals surface area contributed by atoms with Crippen LogP contribution in [0.25, 0.3) is 11.1 Å². The van der Waals surface area contributed by atoms with E-state index in [1.165, 1.54) is 82.6 Å². The summed E-state index contributed by atoms with van der Waals surface area (Å²) in [5, 5.41) is 9.03. The number of carboxylic acid groups (broad SMARTS) is 1. The lowest BCUT2D eigenvalue weighted by atomic mass is 9.77. The molecule has 0 radical (unpaired) electrons. The van der Waals surface area contributed by atoms with Crippen LogP contribution in [0.15, 0.2) is 48.5 Å². The maximum Gasteiger partial charge on any atom is 0.335 e. The number of unbranched alkanes of at least 4 members (excludes halogenated alkanes) is 4. The highest BCUT2D eigenvalue weighted by Gasteiger charge is 2.20. The summed E-state index contributed by atoms with van der Waals surface area (Å²) in [6.45, 7) is 2.29. The Bertz CT molecular complexity index is 752. The molecule has 1 aliphatic rings. The summed E-state index contributed by atoms with van der Waals surface area (Å²) in [6, 6.07) is 15.9. The molecule has 1 N–H and O–H groups in total. The number of rotatable bonds is 11. The lowest BCUT2D eigenvalue weighted by Crippen LogP contribution is -2.15. The van der Waals surface area contributed by atoms with Crippen LogP contribution in [0.5, 0.6) is 0 Å². The van der Waals surface area contributed by atoms with Crippen molar-refractivity contribution in [2.75, 3.05) is 0 Å². The van der Waals surface area contributed by atoms with Crippen LogP contribution in [-0.2, 0) is 6.42 Å². The topological polar surface area (TPSA) is 37.3 Å². The van der Waals surface area contributed by atoms with Gasteiger partial charge in [-0.3, -0.25) is 0 Å². The maximum atomic E-state index is 11.0. The Kier molecular flexibility index (Phi) is 8.99. The van der Waals surface area contributed by atoms with Crippen molar-refractivity contribution in [3.63, 3.8) is 0 Å². The molecule has 30 heavy (non-hydrogen) atoms. The van der Waals surface area contributed by atoms with Gasteiger partial charge in [0.05, 0.1) is 5.56 Å². The molecule has 1 aliphatic carbocycles. The second-order valence-corrected chi connectivity index (χ2v) is 9.21. The Morgan fingerprint density at radius 3 is 1.87 bits per heavy atom. The molecular formula is C28H38O2. The van der Waals surface area contributed by atoms with Crippen molar-refractivity contribution >= 4 is 5.97 Å². The van der Waals surface area contributed by atoms with E-state index in [-0.39, 0.29) is 0 Å². The van der Waals surface area contributed by atoms with Gasteiger partial charge < -0.3 is 5.11 Å². The highest BCUT2D eigenvalue weighted by molar-refractivity contribution is 5.88. The third-order valence-electron chi connectivity index (χ3n) is 6.94. The normalized spacial score (nSPS) is 19.0. The fraction of sp³-hybridized carbons (Fsp3) is 0.536. The van der Waals surface area contributed by atoms with Crippen molar-refractivity contribution in [2.45, 2.75) is 84.0 Å². The van der Waals surface area contributed by atoms with Crippen molar-refractivity contribution in [3.8, 4) is 11.1 Å². The fourth-order valence-electron chi connectivity index (χ4n) is 4.89. The molecule has 0 heterocycles. The van der Waals surface area contributed by atoms with E-state index in [1.807, 2.05) is 12.1 Å². The Morgan fingerprint density at radius 2 is 1.30 bits per heavy atom. The molecule has 2 aromatic rings. The molecule has 2 aromatic carbocycles. The zero-order valence-electron chi connectivity index (χ0n) is 18.6. The van der Waals surface area contributed by atoms with Crippen molar-refractivity contribution < 1.29 is 9.90 Å². The van der Waals surface area contributed by atoms with Gasteiger partial charge in [0.15, 0.2) is 0 Å². The fourth-order valence-corrected chi connectivity index (χ4v) is 4.89. The number of carbonyl (C=O) groups is 1. The average Bonchev–Trinajstić information content (AvgIpc) is 2.79. The zero-order chi connectivity index (χ0) is 21.2. The first kappa shape index (κ1) is 22.6. The standard InChI is InChI=1S/C28H38O2/c1-2-3-4-5-6-7-22-8-10-23(11-9-22)12-13-24-14-16-25(17-15-24)26-18-20-27(21-19-26)28(29)30/h14-23H,2-13H2,1H3,(H,29,30). The Morgan fingerprint density at radius 1 is 0.767 bits per heavy atom. The molecule has 0 amide bonds. The number of benzene rings is 2. The highest BCUT2D eigenvalue weighted by atomic mass is 16.4. The van der Waals surface area contributed by atoms with Gasteiger partial charge in [-0.15, -0.1) is 0 Å². The van der Waals surface area contributed by atoms with Crippen LogP contribution in [0, 0.1) is 11.8 Å². The van der Waals surface area contributed by atoms with Crippen LogP contribution in [0.3, 0.4) is 0 Å². The summed E-state index contributed by atoms with van der Waals surface area (Å²) in [6.07, 6.45) is 16.8. The van der Waals surface area contributed by atoms with E-state index >= 15 is 0 Å². The van der Waals surface area contributed by atoms with Gasteiger partial charge in [-0.05, 0) is 53.5 Å². The lowest BCUT2D eigenvalue weighted by Gasteiger charge is -2.28. The van der Waals surface area contributed by atoms with Gasteiger partial charge in [0, 0.05) is 0 Å². The SMILES string of the molecule is CCCCCCCC1CCC(CCc2ccc(-c3ccc(C(=O)O)cc3)cc2)CC1. The minimum Gasteiger partial charge on any atom is -0.478 e. The largest absolute Gasteiger partial charge is 0.478 e. The minimum absolute atomic E-state index is 0.335. The van der Waals surface area contributed by atoms with Crippen molar-refractivity contribution in [1.29, 1.82) is 0 Å². The number of aryl methyl sites for hydroxylation is 1. The van der Waals surface area contributed by atoms with Gasteiger partial charge in [-0.2, -0.15) is 0 Å². The first-order valence-electron chi connectivity index (χ1n) is 12.1. The first-order valence-corrected chi connectivity index (χ1v) is 12.1. The maximum absolute atomic E-state index is 11.0. The van der Waals surface area contributed by atoms with Gasteiger partial charge in [0.1, 0.15) is 0 Å². The summed E-state index contributed by atoms with van der Waals surface area (Å²) in [5.74, 6) is 1.03.